The Morgan fingerprint density at radius 1 is 1.53 bits per heavy atom. The zero-order chi connectivity index (χ0) is 13.2. The Bertz CT molecular complexity index is 443. The van der Waals surface area contributed by atoms with Gasteiger partial charge in [0.1, 0.15) is 5.01 Å². The van der Waals surface area contributed by atoms with Crippen molar-refractivity contribution >= 4 is 23.2 Å². The summed E-state index contributed by atoms with van der Waals surface area (Å²) in [5.74, 6) is -3.36. The molecule has 0 saturated carbocycles. The number of alkyl halides is 3. The van der Waals surface area contributed by atoms with Gasteiger partial charge in [0, 0.05) is 5.38 Å². The molecule has 0 aliphatic rings. The number of aromatic carboxylic acids is 1. The topological polar surface area (TPSA) is 79.3 Å². The van der Waals surface area contributed by atoms with Crippen molar-refractivity contribution in [2.45, 2.75) is 19.1 Å². The number of amides is 1. The Balaban J connectivity index is 2.73. The Hall–Kier alpha value is -1.64. The van der Waals surface area contributed by atoms with E-state index in [0.717, 1.165) is 11.3 Å². The lowest BCUT2D eigenvalue weighted by molar-refractivity contribution is -0.174. The van der Waals surface area contributed by atoms with E-state index in [4.69, 9.17) is 5.11 Å². The van der Waals surface area contributed by atoms with E-state index < -0.39 is 24.1 Å². The molecule has 1 heterocycles. The molecule has 0 saturated heterocycles. The normalized spacial score (nSPS) is 13.2. The number of aromatic nitrogens is 1. The highest BCUT2D eigenvalue weighted by Gasteiger charge is 2.39. The van der Waals surface area contributed by atoms with E-state index in [9.17, 15) is 22.8 Å². The third-order valence-electron chi connectivity index (χ3n) is 1.72. The number of carboxylic acid groups (broad SMARTS) is 1. The molecule has 5 nitrogen and oxygen atoms in total. The van der Waals surface area contributed by atoms with Gasteiger partial charge in [0.05, 0.1) is 6.04 Å². The first-order valence-electron chi connectivity index (χ1n) is 4.28. The summed E-state index contributed by atoms with van der Waals surface area (Å²) in [6, 6.07) is -0.998. The minimum Gasteiger partial charge on any atom is -0.476 e. The fourth-order valence-electron chi connectivity index (χ4n) is 0.925. The van der Waals surface area contributed by atoms with Crippen molar-refractivity contribution in [3.63, 3.8) is 0 Å². The van der Waals surface area contributed by atoms with Crippen molar-refractivity contribution in [3.8, 4) is 0 Å². The van der Waals surface area contributed by atoms with Crippen LogP contribution in [0.2, 0.25) is 0 Å². The lowest BCUT2D eigenvalue weighted by atomic mass is 10.3. The van der Waals surface area contributed by atoms with E-state index in [1.54, 1.807) is 5.32 Å². The van der Waals surface area contributed by atoms with Gasteiger partial charge in [-0.3, -0.25) is 4.79 Å². The minimum absolute atomic E-state index is 0.0972. The number of nitrogens with one attached hydrogen (secondary N) is 1. The zero-order valence-corrected chi connectivity index (χ0v) is 9.22. The van der Waals surface area contributed by atoms with Crippen molar-refractivity contribution in [3.05, 3.63) is 16.1 Å². The molecular weight excluding hydrogens is 261 g/mol. The minimum atomic E-state index is -4.97. The van der Waals surface area contributed by atoms with Gasteiger partial charge in [-0.25, -0.2) is 9.78 Å². The highest BCUT2D eigenvalue weighted by Crippen LogP contribution is 2.21. The van der Waals surface area contributed by atoms with Crippen LogP contribution in [0.1, 0.15) is 28.5 Å². The first kappa shape index (κ1) is 13.4. The van der Waals surface area contributed by atoms with Crippen LogP contribution >= 0.6 is 11.3 Å². The third kappa shape index (κ3) is 3.41. The van der Waals surface area contributed by atoms with Gasteiger partial charge < -0.3 is 10.4 Å². The maximum atomic E-state index is 11.9. The number of nitrogens with zero attached hydrogens (tertiary/aromatic N) is 1. The summed E-state index contributed by atoms with van der Waals surface area (Å²) >= 11 is 0.865. The van der Waals surface area contributed by atoms with Crippen LogP contribution in [-0.2, 0) is 4.79 Å². The molecule has 0 bridgehead atoms. The second-order valence-electron chi connectivity index (χ2n) is 3.07. The highest BCUT2D eigenvalue weighted by molar-refractivity contribution is 7.09. The largest absolute Gasteiger partial charge is 0.476 e. The predicted molar refractivity (Wildman–Crippen MR) is 51.7 cm³/mol. The fourth-order valence-corrected chi connectivity index (χ4v) is 1.72. The summed E-state index contributed by atoms with van der Waals surface area (Å²) in [6.07, 6.45) is -4.97. The molecule has 1 aromatic heterocycles. The number of hydrogen-bond acceptors (Lipinski definition) is 4. The molecule has 94 valence electrons. The van der Waals surface area contributed by atoms with Gasteiger partial charge in [0.15, 0.2) is 5.69 Å². The molecule has 1 unspecified atom stereocenters. The van der Waals surface area contributed by atoms with Crippen LogP contribution in [0.25, 0.3) is 0 Å². The Morgan fingerprint density at radius 3 is 2.53 bits per heavy atom. The van der Waals surface area contributed by atoms with Crippen molar-refractivity contribution in [1.29, 1.82) is 0 Å². The third-order valence-corrected chi connectivity index (χ3v) is 2.74. The molecule has 1 amide bonds. The molecular formula is C8H7F3N2O3S. The summed E-state index contributed by atoms with van der Waals surface area (Å²) in [5.41, 5.74) is -0.266. The quantitative estimate of drug-likeness (QED) is 0.872. The number of carboxylic acids is 1. The second-order valence-corrected chi connectivity index (χ2v) is 3.96. The Morgan fingerprint density at radius 2 is 2.12 bits per heavy atom. The van der Waals surface area contributed by atoms with E-state index in [1.807, 2.05) is 0 Å². The average Bonchev–Trinajstić information content (AvgIpc) is 2.64. The molecule has 0 aliphatic carbocycles. The van der Waals surface area contributed by atoms with Gasteiger partial charge in [-0.05, 0) is 6.92 Å². The van der Waals surface area contributed by atoms with Crippen molar-refractivity contribution < 1.29 is 27.9 Å². The second kappa shape index (κ2) is 4.70. The van der Waals surface area contributed by atoms with Crippen molar-refractivity contribution in [1.82, 2.24) is 10.3 Å². The summed E-state index contributed by atoms with van der Waals surface area (Å²) < 4.78 is 35.8. The van der Waals surface area contributed by atoms with Crippen LogP contribution in [0, 0.1) is 0 Å². The molecule has 1 rings (SSSR count). The van der Waals surface area contributed by atoms with E-state index in [1.165, 1.54) is 12.3 Å². The monoisotopic (exact) mass is 268 g/mol. The van der Waals surface area contributed by atoms with Crippen LogP contribution < -0.4 is 5.32 Å². The van der Waals surface area contributed by atoms with Crippen LogP contribution in [0.4, 0.5) is 13.2 Å². The molecule has 0 aromatic carbocycles. The highest BCUT2D eigenvalue weighted by atomic mass is 32.1. The van der Waals surface area contributed by atoms with Gasteiger partial charge >= 0.3 is 18.1 Å². The number of rotatable bonds is 3. The standard InChI is InChI=1S/C8H7F3N2O3S/c1-3(12-7(16)8(9,10)11)5-13-4(2-17-5)6(14)15/h2-3H,1H3,(H,12,16)(H,14,15). The fraction of sp³-hybridized carbons (Fsp3) is 0.375. The maximum absolute atomic E-state index is 11.9. The number of hydrogen-bond donors (Lipinski definition) is 2. The van der Waals surface area contributed by atoms with Crippen LogP contribution in [0.15, 0.2) is 5.38 Å². The smallest absolute Gasteiger partial charge is 0.471 e. The Labute approximate surface area is 97.3 Å². The van der Waals surface area contributed by atoms with Gasteiger partial charge in [-0.2, -0.15) is 13.2 Å². The molecule has 0 radical (unpaired) electrons. The van der Waals surface area contributed by atoms with Crippen molar-refractivity contribution in [2.24, 2.45) is 0 Å². The summed E-state index contributed by atoms with van der Waals surface area (Å²) in [4.78, 5) is 24.7. The molecule has 2 N–H and O–H groups in total. The summed E-state index contributed by atoms with van der Waals surface area (Å²) in [5, 5.41) is 11.5. The molecule has 0 aliphatic heterocycles. The van der Waals surface area contributed by atoms with E-state index >= 15 is 0 Å². The molecule has 1 aromatic rings. The van der Waals surface area contributed by atoms with Gasteiger partial charge in [0.2, 0.25) is 0 Å². The predicted octanol–water partition coefficient (Wildman–Crippen LogP) is 1.58. The number of carbonyl (C=O) groups is 2. The first-order valence-corrected chi connectivity index (χ1v) is 5.16. The van der Waals surface area contributed by atoms with Gasteiger partial charge in [-0.15, -0.1) is 11.3 Å². The van der Waals surface area contributed by atoms with Gasteiger partial charge in [-0.1, -0.05) is 0 Å². The molecule has 0 fully saturated rings. The molecule has 0 spiro atoms. The number of thiazole rings is 1. The van der Waals surface area contributed by atoms with Crippen LogP contribution in [0.5, 0.6) is 0 Å². The lowest BCUT2D eigenvalue weighted by Crippen LogP contribution is -2.38. The zero-order valence-electron chi connectivity index (χ0n) is 8.41. The van der Waals surface area contributed by atoms with E-state index in [0.29, 0.717) is 0 Å². The Kier molecular flexibility index (Phi) is 3.71. The number of halogens is 3. The maximum Gasteiger partial charge on any atom is 0.471 e. The molecule has 1 atom stereocenters. The number of carbonyl (C=O) groups excluding carboxylic acids is 1. The van der Waals surface area contributed by atoms with Gasteiger partial charge in [0.25, 0.3) is 0 Å². The lowest BCUT2D eigenvalue weighted by Gasteiger charge is -2.12. The summed E-state index contributed by atoms with van der Waals surface area (Å²) in [7, 11) is 0. The van der Waals surface area contributed by atoms with Crippen molar-refractivity contribution in [2.75, 3.05) is 0 Å². The molecule has 17 heavy (non-hydrogen) atoms. The van der Waals surface area contributed by atoms with E-state index in [2.05, 4.69) is 4.98 Å². The first-order chi connectivity index (χ1) is 7.71. The van der Waals surface area contributed by atoms with E-state index in [-0.39, 0.29) is 10.7 Å². The summed E-state index contributed by atoms with van der Waals surface area (Å²) in [6.45, 7) is 1.29. The van der Waals surface area contributed by atoms with Crippen LogP contribution in [-0.4, -0.2) is 28.1 Å². The SMILES string of the molecule is CC(NC(=O)C(F)(F)F)c1nc(C(=O)O)cs1. The molecule has 9 heteroatoms. The van der Waals surface area contributed by atoms with Crippen LogP contribution in [0.3, 0.4) is 0 Å². The average molecular weight is 268 g/mol.